The Morgan fingerprint density at radius 3 is 2.83 bits per heavy atom. The van der Waals surface area contributed by atoms with E-state index in [9.17, 15) is 10.4 Å². The van der Waals surface area contributed by atoms with Crippen molar-refractivity contribution in [3.05, 3.63) is 33.8 Å². The van der Waals surface area contributed by atoms with Crippen LogP contribution in [-0.2, 0) is 16.8 Å². The number of benzene rings is 1. The van der Waals surface area contributed by atoms with Crippen molar-refractivity contribution in [2.24, 2.45) is 0 Å². The lowest BCUT2D eigenvalue weighted by atomic mass is 9.97. The summed E-state index contributed by atoms with van der Waals surface area (Å²) in [5, 5.41) is 19.1. The average Bonchev–Trinajstić information content (AvgIpc) is 2.68. The first-order valence-electron chi connectivity index (χ1n) is 6.04. The number of rotatable bonds is 3. The van der Waals surface area contributed by atoms with Crippen LogP contribution < -0.4 is 0 Å². The van der Waals surface area contributed by atoms with Gasteiger partial charge in [-0.05, 0) is 44.4 Å². The molecule has 1 aliphatic rings. The fraction of sp³-hybridized carbons (Fsp3) is 0.500. The zero-order valence-electron chi connectivity index (χ0n) is 10.5. The van der Waals surface area contributed by atoms with E-state index in [0.717, 1.165) is 22.0 Å². The Labute approximate surface area is 116 Å². The maximum atomic E-state index is 9.55. The van der Waals surface area contributed by atoms with Gasteiger partial charge in [0.25, 0.3) is 0 Å². The van der Waals surface area contributed by atoms with E-state index in [4.69, 9.17) is 4.74 Å². The van der Waals surface area contributed by atoms with Gasteiger partial charge in [0, 0.05) is 10.0 Å². The molecule has 4 heteroatoms. The summed E-state index contributed by atoms with van der Waals surface area (Å²) in [6.45, 7) is 3.46. The van der Waals surface area contributed by atoms with Crippen molar-refractivity contribution in [1.29, 1.82) is 5.26 Å². The zero-order chi connectivity index (χ0) is 13.3. The van der Waals surface area contributed by atoms with Gasteiger partial charge in [-0.3, -0.25) is 0 Å². The smallest absolute Gasteiger partial charge is 0.180 e. The molecule has 18 heavy (non-hydrogen) atoms. The monoisotopic (exact) mass is 309 g/mol. The molecule has 2 rings (SSSR count). The van der Waals surface area contributed by atoms with Crippen LogP contribution in [0.15, 0.2) is 22.7 Å². The molecule has 0 saturated heterocycles. The van der Waals surface area contributed by atoms with Gasteiger partial charge < -0.3 is 9.84 Å². The van der Waals surface area contributed by atoms with E-state index in [1.165, 1.54) is 0 Å². The number of aliphatic hydroxyl groups excluding tert-OH is 1. The Morgan fingerprint density at radius 2 is 2.22 bits per heavy atom. The van der Waals surface area contributed by atoms with Crippen LogP contribution in [0, 0.1) is 11.3 Å². The molecule has 0 spiro atoms. The Bertz CT molecular complexity index is 495. The largest absolute Gasteiger partial charge is 0.391 e. The fourth-order valence-corrected chi connectivity index (χ4v) is 2.63. The van der Waals surface area contributed by atoms with Crippen LogP contribution in [-0.4, -0.2) is 17.3 Å². The second kappa shape index (κ2) is 5.00. The third-order valence-corrected chi connectivity index (χ3v) is 3.99. The van der Waals surface area contributed by atoms with Crippen LogP contribution in [0.1, 0.15) is 31.4 Å². The number of nitriles is 1. The normalized spacial score (nSPS) is 25.3. The second-order valence-corrected chi connectivity index (χ2v) is 5.72. The molecule has 0 heterocycles. The maximum Gasteiger partial charge on any atom is 0.180 e. The summed E-state index contributed by atoms with van der Waals surface area (Å²) >= 11 is 3.43. The topological polar surface area (TPSA) is 53.2 Å². The zero-order valence-corrected chi connectivity index (χ0v) is 12.1. The van der Waals surface area contributed by atoms with Crippen molar-refractivity contribution in [1.82, 2.24) is 0 Å². The quantitative estimate of drug-likeness (QED) is 0.934. The van der Waals surface area contributed by atoms with Crippen molar-refractivity contribution in [2.75, 3.05) is 0 Å². The molecule has 0 bridgehead atoms. The summed E-state index contributed by atoms with van der Waals surface area (Å²) in [6, 6.07) is 8.24. The van der Waals surface area contributed by atoms with Gasteiger partial charge >= 0.3 is 0 Å². The van der Waals surface area contributed by atoms with Gasteiger partial charge in [-0.25, -0.2) is 0 Å². The minimum Gasteiger partial charge on any atom is -0.391 e. The summed E-state index contributed by atoms with van der Waals surface area (Å²) < 4.78 is 6.80. The van der Waals surface area contributed by atoms with Gasteiger partial charge in [0.15, 0.2) is 5.60 Å². The van der Waals surface area contributed by atoms with Crippen molar-refractivity contribution >= 4 is 15.9 Å². The lowest BCUT2D eigenvalue weighted by Gasteiger charge is -2.28. The number of aryl methyl sites for hydroxylation is 1. The predicted octanol–water partition coefficient (Wildman–Crippen LogP) is 2.90. The van der Waals surface area contributed by atoms with Crippen molar-refractivity contribution < 1.29 is 9.84 Å². The maximum absolute atomic E-state index is 9.55. The third-order valence-electron chi connectivity index (χ3n) is 3.50. The van der Waals surface area contributed by atoms with Gasteiger partial charge in [0.05, 0.1) is 12.2 Å². The van der Waals surface area contributed by atoms with E-state index in [-0.39, 0.29) is 6.10 Å². The lowest BCUT2D eigenvalue weighted by Crippen LogP contribution is -2.34. The van der Waals surface area contributed by atoms with E-state index >= 15 is 0 Å². The van der Waals surface area contributed by atoms with Crippen LogP contribution in [0.5, 0.6) is 0 Å². The SMILES string of the molecule is CC(O)C(C)OC1(C#N)CCc2ccc(Br)cc21. The lowest BCUT2D eigenvalue weighted by molar-refractivity contribution is -0.0984. The highest BCUT2D eigenvalue weighted by molar-refractivity contribution is 9.10. The van der Waals surface area contributed by atoms with Crippen molar-refractivity contribution in [2.45, 2.75) is 44.5 Å². The standard InChI is InChI=1S/C14H16BrNO2/c1-9(17)10(2)18-14(8-16)6-5-11-3-4-12(15)7-13(11)14/h3-4,7,9-10,17H,5-6H2,1-2H3. The van der Waals surface area contributed by atoms with E-state index in [1.807, 2.05) is 18.2 Å². The summed E-state index contributed by atoms with van der Waals surface area (Å²) in [5.74, 6) is 0. The summed E-state index contributed by atoms with van der Waals surface area (Å²) in [7, 11) is 0. The highest BCUT2D eigenvalue weighted by atomic mass is 79.9. The predicted molar refractivity (Wildman–Crippen MR) is 72.0 cm³/mol. The molecule has 0 aliphatic heterocycles. The summed E-state index contributed by atoms with van der Waals surface area (Å²) in [5.41, 5.74) is 1.15. The molecule has 1 N–H and O–H groups in total. The number of ether oxygens (including phenoxy) is 1. The molecule has 0 amide bonds. The highest BCUT2D eigenvalue weighted by Gasteiger charge is 2.42. The molecule has 3 unspecified atom stereocenters. The minimum atomic E-state index is -0.921. The Hall–Kier alpha value is -0.890. The van der Waals surface area contributed by atoms with Crippen LogP contribution in [0.2, 0.25) is 0 Å². The molecule has 3 atom stereocenters. The van der Waals surface area contributed by atoms with E-state index in [2.05, 4.69) is 22.0 Å². The molecule has 1 aromatic rings. The first kappa shape index (κ1) is 13.5. The first-order valence-corrected chi connectivity index (χ1v) is 6.84. The number of halogens is 1. The Morgan fingerprint density at radius 1 is 1.50 bits per heavy atom. The molecule has 1 aliphatic carbocycles. The summed E-state index contributed by atoms with van der Waals surface area (Å²) in [4.78, 5) is 0. The van der Waals surface area contributed by atoms with Gasteiger partial charge in [0.2, 0.25) is 0 Å². The molecule has 3 nitrogen and oxygen atoms in total. The van der Waals surface area contributed by atoms with Crippen LogP contribution in [0.3, 0.4) is 0 Å². The number of aliphatic hydroxyl groups is 1. The second-order valence-electron chi connectivity index (χ2n) is 4.80. The molecule has 1 aromatic carbocycles. The van der Waals surface area contributed by atoms with Gasteiger partial charge in [-0.15, -0.1) is 0 Å². The van der Waals surface area contributed by atoms with E-state index in [0.29, 0.717) is 6.42 Å². The van der Waals surface area contributed by atoms with Crippen molar-refractivity contribution in [3.8, 4) is 6.07 Å². The number of fused-ring (bicyclic) bond motifs is 1. The number of nitrogens with zero attached hydrogens (tertiary/aromatic N) is 1. The third kappa shape index (κ3) is 2.31. The van der Waals surface area contributed by atoms with E-state index < -0.39 is 11.7 Å². The molecule has 96 valence electrons. The minimum absolute atomic E-state index is 0.366. The number of hydrogen-bond donors (Lipinski definition) is 1. The average molecular weight is 310 g/mol. The number of hydrogen-bond acceptors (Lipinski definition) is 3. The highest BCUT2D eigenvalue weighted by Crippen LogP contribution is 2.41. The van der Waals surface area contributed by atoms with Crippen molar-refractivity contribution in [3.63, 3.8) is 0 Å². The fourth-order valence-electron chi connectivity index (χ4n) is 2.27. The molecule has 0 saturated carbocycles. The van der Waals surface area contributed by atoms with E-state index in [1.54, 1.807) is 13.8 Å². The Kier molecular flexibility index (Phi) is 3.76. The van der Waals surface area contributed by atoms with Crippen LogP contribution >= 0.6 is 15.9 Å². The summed E-state index contributed by atoms with van der Waals surface area (Å²) in [6.07, 6.45) is 0.524. The molecule has 0 radical (unpaired) electrons. The van der Waals surface area contributed by atoms with Gasteiger partial charge in [0.1, 0.15) is 6.07 Å². The molecule has 0 aromatic heterocycles. The van der Waals surface area contributed by atoms with Crippen LogP contribution in [0.25, 0.3) is 0 Å². The molecular formula is C14H16BrNO2. The van der Waals surface area contributed by atoms with Gasteiger partial charge in [-0.2, -0.15) is 5.26 Å². The first-order chi connectivity index (χ1) is 8.48. The Balaban J connectivity index is 2.38. The van der Waals surface area contributed by atoms with Gasteiger partial charge in [-0.1, -0.05) is 22.0 Å². The molecular weight excluding hydrogens is 294 g/mol. The van der Waals surface area contributed by atoms with Crippen LogP contribution in [0.4, 0.5) is 0 Å². The molecule has 0 fully saturated rings.